The first kappa shape index (κ1) is 19.2. The fraction of sp³-hybridized carbons (Fsp3) is 0.368. The second-order valence-electron chi connectivity index (χ2n) is 5.68. The fourth-order valence-electron chi connectivity index (χ4n) is 2.81. The number of methoxy groups -OCH3 is 2. The van der Waals surface area contributed by atoms with Gasteiger partial charge in [-0.25, -0.2) is 0 Å². The highest BCUT2D eigenvalue weighted by molar-refractivity contribution is 5.85. The molecule has 0 unspecified atom stereocenters. The molecule has 1 heterocycles. The van der Waals surface area contributed by atoms with E-state index in [2.05, 4.69) is 34.5 Å². The quantitative estimate of drug-likeness (QED) is 0.848. The number of anilines is 2. The maximum absolute atomic E-state index is 5.44. The van der Waals surface area contributed by atoms with Crippen molar-refractivity contribution in [3.8, 4) is 11.5 Å². The third kappa shape index (κ3) is 4.94. The highest BCUT2D eigenvalue weighted by Crippen LogP contribution is 2.26. The second kappa shape index (κ2) is 9.39. The van der Waals surface area contributed by atoms with Crippen molar-refractivity contribution >= 4 is 23.8 Å². The lowest BCUT2D eigenvalue weighted by Gasteiger charge is -2.29. The summed E-state index contributed by atoms with van der Waals surface area (Å²) in [5, 5.41) is 3.44. The van der Waals surface area contributed by atoms with Gasteiger partial charge in [0.05, 0.1) is 27.4 Å². The van der Waals surface area contributed by atoms with E-state index in [-0.39, 0.29) is 12.4 Å². The van der Waals surface area contributed by atoms with Gasteiger partial charge in [-0.2, -0.15) is 0 Å². The molecule has 2 aromatic rings. The standard InChI is InChI=1S/C19H24N2O3.ClH/c1-22-18-8-3-15(19(13-18)23-2)14-20-16-4-6-17(7-5-16)21-9-11-24-12-10-21;/h3-8,13,20H,9-12,14H2,1-2H3;1H. The van der Waals surface area contributed by atoms with Gasteiger partial charge < -0.3 is 24.4 Å². The summed E-state index contributed by atoms with van der Waals surface area (Å²) in [7, 11) is 3.33. The van der Waals surface area contributed by atoms with Crippen LogP contribution in [0.2, 0.25) is 0 Å². The van der Waals surface area contributed by atoms with E-state index in [9.17, 15) is 0 Å². The van der Waals surface area contributed by atoms with Crippen molar-refractivity contribution in [1.82, 2.24) is 0 Å². The molecule has 1 aliphatic heterocycles. The molecule has 1 saturated heterocycles. The molecule has 0 spiro atoms. The first-order valence-electron chi connectivity index (χ1n) is 8.17. The first-order valence-corrected chi connectivity index (χ1v) is 8.17. The number of hydrogen-bond acceptors (Lipinski definition) is 5. The molecular weight excluding hydrogens is 340 g/mol. The van der Waals surface area contributed by atoms with Gasteiger partial charge in [-0.05, 0) is 36.4 Å². The highest BCUT2D eigenvalue weighted by Gasteiger charge is 2.11. The summed E-state index contributed by atoms with van der Waals surface area (Å²) >= 11 is 0. The van der Waals surface area contributed by atoms with E-state index in [0.29, 0.717) is 6.54 Å². The highest BCUT2D eigenvalue weighted by atomic mass is 35.5. The summed E-state index contributed by atoms with van der Waals surface area (Å²) in [4.78, 5) is 2.35. The molecule has 1 aliphatic rings. The van der Waals surface area contributed by atoms with Crippen LogP contribution in [0.1, 0.15) is 5.56 Å². The van der Waals surface area contributed by atoms with Crippen LogP contribution in [-0.4, -0.2) is 40.5 Å². The molecule has 0 aliphatic carbocycles. The molecule has 25 heavy (non-hydrogen) atoms. The van der Waals surface area contributed by atoms with Crippen molar-refractivity contribution < 1.29 is 14.2 Å². The van der Waals surface area contributed by atoms with Crippen LogP contribution in [-0.2, 0) is 11.3 Å². The number of hydrogen-bond donors (Lipinski definition) is 1. The molecular formula is C19H25ClN2O3. The lowest BCUT2D eigenvalue weighted by Crippen LogP contribution is -2.36. The van der Waals surface area contributed by atoms with Gasteiger partial charge >= 0.3 is 0 Å². The van der Waals surface area contributed by atoms with E-state index in [1.165, 1.54) is 5.69 Å². The number of morpholine rings is 1. The SMILES string of the molecule is COc1ccc(CNc2ccc(N3CCOCC3)cc2)c(OC)c1.Cl. The Morgan fingerprint density at radius 2 is 1.72 bits per heavy atom. The monoisotopic (exact) mass is 364 g/mol. The minimum absolute atomic E-state index is 0. The average Bonchev–Trinajstić information content (AvgIpc) is 2.67. The van der Waals surface area contributed by atoms with Gasteiger partial charge in [-0.3, -0.25) is 0 Å². The Morgan fingerprint density at radius 3 is 2.36 bits per heavy atom. The summed E-state index contributed by atoms with van der Waals surface area (Å²) in [5.41, 5.74) is 3.42. The van der Waals surface area contributed by atoms with Crippen molar-refractivity contribution in [1.29, 1.82) is 0 Å². The number of nitrogens with one attached hydrogen (secondary N) is 1. The average molecular weight is 365 g/mol. The fourth-order valence-corrected chi connectivity index (χ4v) is 2.81. The van der Waals surface area contributed by atoms with E-state index in [4.69, 9.17) is 14.2 Å². The van der Waals surface area contributed by atoms with Gasteiger partial charge in [0.15, 0.2) is 0 Å². The number of rotatable bonds is 6. The van der Waals surface area contributed by atoms with Gasteiger partial charge in [0.1, 0.15) is 11.5 Å². The molecule has 0 amide bonds. The van der Waals surface area contributed by atoms with Gasteiger partial charge in [0, 0.05) is 42.6 Å². The first-order chi connectivity index (χ1) is 11.8. The van der Waals surface area contributed by atoms with Crippen LogP contribution in [0, 0.1) is 0 Å². The third-order valence-electron chi connectivity index (χ3n) is 4.22. The maximum Gasteiger partial charge on any atom is 0.127 e. The molecule has 0 saturated carbocycles. The molecule has 1 fully saturated rings. The van der Waals surface area contributed by atoms with Gasteiger partial charge in [-0.1, -0.05) is 0 Å². The Labute approximate surface area is 155 Å². The molecule has 6 heteroatoms. The molecule has 136 valence electrons. The van der Waals surface area contributed by atoms with Crippen LogP contribution in [0.15, 0.2) is 42.5 Å². The van der Waals surface area contributed by atoms with Crippen molar-refractivity contribution in [2.24, 2.45) is 0 Å². The van der Waals surface area contributed by atoms with E-state index in [0.717, 1.165) is 49.1 Å². The number of halogens is 1. The van der Waals surface area contributed by atoms with E-state index >= 15 is 0 Å². The molecule has 2 aromatic carbocycles. The molecule has 5 nitrogen and oxygen atoms in total. The normalized spacial score (nSPS) is 13.8. The smallest absolute Gasteiger partial charge is 0.127 e. The number of benzene rings is 2. The van der Waals surface area contributed by atoms with Crippen LogP contribution in [0.3, 0.4) is 0 Å². The molecule has 1 N–H and O–H groups in total. The summed E-state index contributed by atoms with van der Waals surface area (Å²) < 4.78 is 16.1. The Morgan fingerprint density at radius 1 is 1.00 bits per heavy atom. The molecule has 0 bridgehead atoms. The number of ether oxygens (including phenoxy) is 3. The minimum Gasteiger partial charge on any atom is -0.497 e. The van der Waals surface area contributed by atoms with E-state index in [1.54, 1.807) is 14.2 Å². The minimum atomic E-state index is 0. The predicted octanol–water partition coefficient (Wildman–Crippen LogP) is 3.57. The third-order valence-corrected chi connectivity index (χ3v) is 4.22. The van der Waals surface area contributed by atoms with Crippen molar-refractivity contribution in [2.75, 3.05) is 50.7 Å². The van der Waals surface area contributed by atoms with Crippen LogP contribution in [0.4, 0.5) is 11.4 Å². The lowest BCUT2D eigenvalue weighted by molar-refractivity contribution is 0.122. The molecule has 0 radical (unpaired) electrons. The van der Waals surface area contributed by atoms with Crippen LogP contribution in [0.25, 0.3) is 0 Å². The lowest BCUT2D eigenvalue weighted by atomic mass is 10.1. The van der Waals surface area contributed by atoms with Gasteiger partial charge in [-0.15, -0.1) is 12.4 Å². The van der Waals surface area contributed by atoms with Gasteiger partial charge in [0.2, 0.25) is 0 Å². The second-order valence-corrected chi connectivity index (χ2v) is 5.68. The Balaban J connectivity index is 0.00000225. The van der Waals surface area contributed by atoms with E-state index < -0.39 is 0 Å². The summed E-state index contributed by atoms with van der Waals surface area (Å²) in [6.45, 7) is 4.21. The molecule has 3 rings (SSSR count). The predicted molar refractivity (Wildman–Crippen MR) is 104 cm³/mol. The van der Waals surface area contributed by atoms with Crippen molar-refractivity contribution in [3.05, 3.63) is 48.0 Å². The zero-order valence-electron chi connectivity index (χ0n) is 14.7. The molecule has 0 atom stereocenters. The van der Waals surface area contributed by atoms with Crippen LogP contribution in [0.5, 0.6) is 11.5 Å². The maximum atomic E-state index is 5.44. The van der Waals surface area contributed by atoms with E-state index in [1.807, 2.05) is 18.2 Å². The Bertz CT molecular complexity index is 658. The zero-order valence-corrected chi connectivity index (χ0v) is 15.5. The number of nitrogens with zero attached hydrogens (tertiary/aromatic N) is 1. The largest absolute Gasteiger partial charge is 0.497 e. The van der Waals surface area contributed by atoms with Crippen LogP contribution >= 0.6 is 12.4 Å². The van der Waals surface area contributed by atoms with Crippen LogP contribution < -0.4 is 19.7 Å². The topological polar surface area (TPSA) is 43.0 Å². The Kier molecular flexibility index (Phi) is 7.22. The Hall–Kier alpha value is -2.11. The summed E-state index contributed by atoms with van der Waals surface area (Å²) in [5.74, 6) is 1.62. The summed E-state index contributed by atoms with van der Waals surface area (Å²) in [6.07, 6.45) is 0. The molecule has 0 aromatic heterocycles. The summed E-state index contributed by atoms with van der Waals surface area (Å²) in [6, 6.07) is 14.4. The van der Waals surface area contributed by atoms with Crippen molar-refractivity contribution in [3.63, 3.8) is 0 Å². The van der Waals surface area contributed by atoms with Gasteiger partial charge in [0.25, 0.3) is 0 Å². The zero-order chi connectivity index (χ0) is 16.8. The van der Waals surface area contributed by atoms with Crippen molar-refractivity contribution in [2.45, 2.75) is 6.54 Å².